The van der Waals surface area contributed by atoms with Gasteiger partial charge in [-0.05, 0) is 72.8 Å². The molecule has 5 rings (SSSR count). The van der Waals surface area contributed by atoms with E-state index in [0.29, 0.717) is 34.7 Å². The molecule has 0 spiro atoms. The first kappa shape index (κ1) is 30.0. The molecule has 2 aromatic heterocycles. The van der Waals surface area contributed by atoms with Gasteiger partial charge in [0.2, 0.25) is 0 Å². The molecule has 2 aliphatic heterocycles. The summed E-state index contributed by atoms with van der Waals surface area (Å²) in [4.78, 5) is 43.9. The maximum absolute atomic E-state index is 14.0. The highest BCUT2D eigenvalue weighted by Crippen LogP contribution is 2.43. The number of carbonyl (C=O) groups excluding carboxylic acids is 2. The predicted molar refractivity (Wildman–Crippen MR) is 166 cm³/mol. The second kappa shape index (κ2) is 9.77. The minimum absolute atomic E-state index is 0.0444. The van der Waals surface area contributed by atoms with Crippen LogP contribution in [0, 0.1) is 0 Å². The lowest BCUT2D eigenvalue weighted by Gasteiger charge is -2.39. The summed E-state index contributed by atoms with van der Waals surface area (Å²) in [5.74, 6) is -0.527. The molecule has 0 aliphatic carbocycles. The van der Waals surface area contributed by atoms with Crippen LogP contribution in [-0.2, 0) is 33.0 Å². The molecule has 224 valence electrons. The second-order valence-corrected chi connectivity index (χ2v) is 19.3. The van der Waals surface area contributed by atoms with E-state index in [-0.39, 0.29) is 30.0 Å². The molecule has 0 radical (unpaired) electrons. The smallest absolute Gasteiger partial charge is 0.412 e. The van der Waals surface area contributed by atoms with Crippen molar-refractivity contribution in [3.05, 3.63) is 51.3 Å². The fourth-order valence-corrected chi connectivity index (χ4v) is 8.44. The molecule has 9 nitrogen and oxygen atoms in total. The number of fused-ring (bicyclic) bond motifs is 5. The molecular weight excluding hydrogens is 550 g/mol. The number of aromatic nitrogens is 2. The Hall–Kier alpha value is -3.50. The third-order valence-corrected chi connectivity index (χ3v) is 14.7. The number of nitrogens with one attached hydrogen (secondary N) is 1. The van der Waals surface area contributed by atoms with Gasteiger partial charge in [-0.3, -0.25) is 14.9 Å². The van der Waals surface area contributed by atoms with Crippen molar-refractivity contribution in [2.45, 2.75) is 104 Å². The van der Waals surface area contributed by atoms with Crippen molar-refractivity contribution in [3.8, 4) is 11.4 Å². The van der Waals surface area contributed by atoms with E-state index in [1.165, 1.54) is 5.19 Å². The quantitative estimate of drug-likeness (QED) is 0.237. The highest BCUT2D eigenvalue weighted by Gasteiger charge is 2.44. The Morgan fingerprint density at radius 1 is 1.14 bits per heavy atom. The molecule has 0 bridgehead atoms. The number of ether oxygens (including phenoxy) is 2. The van der Waals surface area contributed by atoms with E-state index < -0.39 is 31.3 Å². The van der Waals surface area contributed by atoms with Gasteiger partial charge in [0, 0.05) is 11.1 Å². The molecule has 42 heavy (non-hydrogen) atoms. The average Bonchev–Trinajstić information content (AvgIpc) is 3.16. The lowest BCUT2D eigenvalue weighted by Crippen LogP contribution is -2.51. The van der Waals surface area contributed by atoms with Gasteiger partial charge in [-0.25, -0.2) is 9.78 Å². The van der Waals surface area contributed by atoms with Crippen LogP contribution >= 0.6 is 0 Å². The molecule has 0 fully saturated rings. The number of aliphatic hydroxyl groups is 1. The number of anilines is 1. The van der Waals surface area contributed by atoms with Crippen molar-refractivity contribution in [2.75, 3.05) is 5.32 Å². The third kappa shape index (κ3) is 4.94. The molecule has 3 aromatic rings. The number of pyridine rings is 2. The van der Waals surface area contributed by atoms with Gasteiger partial charge in [-0.15, -0.1) is 0 Å². The number of esters is 1. The lowest BCUT2D eigenvalue weighted by atomic mass is 9.85. The van der Waals surface area contributed by atoms with Crippen molar-refractivity contribution >= 4 is 41.9 Å². The first-order valence-corrected chi connectivity index (χ1v) is 17.5. The largest absolute Gasteiger partial charge is 0.460 e. The van der Waals surface area contributed by atoms with Crippen molar-refractivity contribution in [3.63, 3.8) is 0 Å². The van der Waals surface area contributed by atoms with E-state index in [1.807, 2.05) is 39.0 Å². The number of cyclic esters (lactones) is 1. The van der Waals surface area contributed by atoms with E-state index in [2.05, 4.69) is 39.2 Å². The molecule has 10 heteroatoms. The molecule has 4 heterocycles. The topological polar surface area (TPSA) is 120 Å². The van der Waals surface area contributed by atoms with E-state index in [0.717, 1.165) is 16.5 Å². The third-order valence-electron chi connectivity index (χ3n) is 9.09. The van der Waals surface area contributed by atoms with E-state index in [4.69, 9.17) is 14.5 Å². The van der Waals surface area contributed by atoms with Crippen LogP contribution < -0.4 is 16.1 Å². The van der Waals surface area contributed by atoms with Crippen LogP contribution in [0.15, 0.2) is 29.1 Å². The maximum Gasteiger partial charge on any atom is 0.412 e. The van der Waals surface area contributed by atoms with Gasteiger partial charge in [-0.1, -0.05) is 40.8 Å². The number of benzene rings is 1. The van der Waals surface area contributed by atoms with Crippen molar-refractivity contribution in [1.82, 2.24) is 9.55 Å². The Morgan fingerprint density at radius 2 is 1.83 bits per heavy atom. The Balaban J connectivity index is 1.76. The van der Waals surface area contributed by atoms with Crippen LogP contribution in [0.1, 0.15) is 78.0 Å². The van der Waals surface area contributed by atoms with Gasteiger partial charge < -0.3 is 19.1 Å². The highest BCUT2D eigenvalue weighted by atomic mass is 28.3. The summed E-state index contributed by atoms with van der Waals surface area (Å²) in [6.45, 7) is 18.8. The molecule has 2 aliphatic rings. The molecular formula is C32H41N3O6Si. The Bertz CT molecular complexity index is 1700. The minimum atomic E-state index is -2.26. The number of hydrogen-bond donors (Lipinski definition) is 2. The zero-order chi connectivity index (χ0) is 31.0. The number of rotatable bonds is 3. The summed E-state index contributed by atoms with van der Waals surface area (Å²) in [6, 6.07) is 7.48. The fourth-order valence-electron chi connectivity index (χ4n) is 5.86. The van der Waals surface area contributed by atoms with Gasteiger partial charge in [0.05, 0.1) is 43.5 Å². The zero-order valence-electron chi connectivity index (χ0n) is 26.0. The number of nitrogens with zero attached hydrogens (tertiary/aromatic N) is 2. The highest BCUT2D eigenvalue weighted by molar-refractivity contribution is 6.94. The van der Waals surface area contributed by atoms with Crippen molar-refractivity contribution in [1.29, 1.82) is 0 Å². The molecule has 0 saturated carbocycles. The molecule has 1 atom stereocenters. The van der Waals surface area contributed by atoms with Crippen LogP contribution in [0.5, 0.6) is 0 Å². The first-order chi connectivity index (χ1) is 19.4. The Labute approximate surface area is 247 Å². The normalized spacial score (nSPS) is 18.6. The van der Waals surface area contributed by atoms with Gasteiger partial charge in [-0.2, -0.15) is 0 Å². The predicted octanol–water partition coefficient (Wildman–Crippen LogP) is 5.53. The number of hydrogen-bond acceptors (Lipinski definition) is 7. The monoisotopic (exact) mass is 591 g/mol. The van der Waals surface area contributed by atoms with E-state index >= 15 is 0 Å². The van der Waals surface area contributed by atoms with Gasteiger partial charge in [0.25, 0.3) is 5.56 Å². The summed E-state index contributed by atoms with van der Waals surface area (Å²) < 4.78 is 12.5. The zero-order valence-corrected chi connectivity index (χ0v) is 27.0. The summed E-state index contributed by atoms with van der Waals surface area (Å²) in [5, 5.41) is 16.5. The molecule has 0 saturated heterocycles. The van der Waals surface area contributed by atoms with Crippen molar-refractivity contribution < 1.29 is 24.2 Å². The van der Waals surface area contributed by atoms with E-state index in [1.54, 1.807) is 17.6 Å². The van der Waals surface area contributed by atoms with Crippen LogP contribution in [0.25, 0.3) is 22.3 Å². The summed E-state index contributed by atoms with van der Waals surface area (Å²) in [6.07, 6.45) is -0.479. The SMILES string of the molecule is CCC1(O)CC(=O)OCc2c1cc1n(c2=O)Cc2c-1nc1ccc(NC(=O)OC(C)(C)C)cc1c2[Si](C)(C)C(C)(C)C. The molecule has 1 aromatic carbocycles. The van der Waals surface area contributed by atoms with Crippen LogP contribution in [0.3, 0.4) is 0 Å². The second-order valence-electron chi connectivity index (χ2n) is 14.1. The summed E-state index contributed by atoms with van der Waals surface area (Å²) in [7, 11) is -2.26. The van der Waals surface area contributed by atoms with Gasteiger partial charge in [0.1, 0.15) is 17.8 Å². The van der Waals surface area contributed by atoms with Crippen LogP contribution in [-0.4, -0.2) is 40.4 Å². The fraction of sp³-hybridized carbons (Fsp3) is 0.500. The summed E-state index contributed by atoms with van der Waals surface area (Å²) >= 11 is 0. The first-order valence-electron chi connectivity index (χ1n) is 14.5. The number of amides is 1. The van der Waals surface area contributed by atoms with Crippen LogP contribution in [0.4, 0.5) is 10.5 Å². The Morgan fingerprint density at radius 3 is 2.45 bits per heavy atom. The maximum atomic E-state index is 14.0. The van der Waals surface area contributed by atoms with Gasteiger partial charge >= 0.3 is 12.1 Å². The lowest BCUT2D eigenvalue weighted by molar-refractivity contribution is -0.149. The standard InChI is InChI=1S/C32H41N3O6Si/c1-10-32(39)15-25(36)40-17-21-22(32)14-24-26-20(16-35(24)28(21)37)27(42(8,9)31(5,6)7)19-13-18(11-12-23(19)34-26)33-29(38)41-30(2,3)4/h11-14,39H,10,15-17H2,1-9H3,(H,33,38). The molecule has 1 unspecified atom stereocenters. The van der Waals surface area contributed by atoms with Crippen molar-refractivity contribution in [2.24, 2.45) is 0 Å². The van der Waals surface area contributed by atoms with E-state index in [9.17, 15) is 19.5 Å². The molecule has 2 N–H and O–H groups in total. The number of carbonyl (C=O) groups is 2. The minimum Gasteiger partial charge on any atom is -0.460 e. The van der Waals surface area contributed by atoms with Crippen LogP contribution in [0.2, 0.25) is 18.1 Å². The summed E-state index contributed by atoms with van der Waals surface area (Å²) in [5.41, 5.74) is 2.03. The Kier molecular flexibility index (Phi) is 6.97. The average molecular weight is 592 g/mol. The molecule has 1 amide bonds. The van der Waals surface area contributed by atoms with Gasteiger partial charge in [0.15, 0.2) is 0 Å².